The van der Waals surface area contributed by atoms with E-state index in [1.807, 2.05) is 218 Å². The molecular formula is C84H124O24. The zero-order chi connectivity index (χ0) is 79.2. The molecule has 8 rings (SSSR count). The maximum absolute atomic E-state index is 12.1. The Morgan fingerprint density at radius 3 is 1.08 bits per heavy atom. The van der Waals surface area contributed by atoms with Crippen molar-refractivity contribution in [2.75, 3.05) is 93.5 Å². The van der Waals surface area contributed by atoms with Crippen LogP contribution < -0.4 is 18.9 Å². The van der Waals surface area contributed by atoms with Crippen molar-refractivity contribution in [3.63, 3.8) is 0 Å². The first-order chi connectivity index (χ1) is 51.4. The summed E-state index contributed by atoms with van der Waals surface area (Å²) in [6.45, 7) is 30.4. The van der Waals surface area contributed by atoms with Gasteiger partial charge in [-0.15, -0.1) is 0 Å². The van der Waals surface area contributed by atoms with E-state index in [9.17, 15) is 28.8 Å². The fourth-order valence-corrected chi connectivity index (χ4v) is 10.1. The predicted molar refractivity (Wildman–Crippen MR) is 404 cm³/mol. The number of para-hydroxylation sites is 4. The fraction of sp³-hybridized carbons (Fsp3) is 0.643. The third kappa shape index (κ3) is 33.0. The third-order valence-electron chi connectivity index (χ3n) is 19.3. The Bertz CT molecular complexity index is 3120. The van der Waals surface area contributed by atoms with E-state index in [-0.39, 0.29) is 124 Å². The quantitative estimate of drug-likeness (QED) is 0.0296. The summed E-state index contributed by atoms with van der Waals surface area (Å²) in [5.41, 5.74) is -1.91. The van der Waals surface area contributed by atoms with Gasteiger partial charge in [-0.25, -0.2) is 0 Å². The molecule has 0 N–H and O–H groups in total. The molecule has 4 fully saturated rings. The standard InChI is InChI=1S/2C22H34O6.2C20H28O6/c1-6-22(3,4)21(24)28-14-17(2)12-13-20(23)27-16-19(25-5)15-26-18-10-8-7-9-11-18;1-6-22(3,4)21(24)27-14-17(2)12-13-20(23)28-19(15-25-5)16-26-18-10-8-7-9-11-18;2*1-4-19(2,3)18(21)23-12-16-10-11-20(25-16)24-14-17(26-20)13-22-15-8-6-5-7-9-15/h2*7-11,17,19H,6,12-16H2,1-5H3;2*5-9,16-17H,4,10-14H2,1-3H3. The van der Waals surface area contributed by atoms with Crippen LogP contribution in [-0.4, -0.2) is 178 Å². The SMILES string of the molecule is CCC(C)(C)C(=O)OCC(C)CCC(=O)OC(COC)COc1ccccc1.CCC(C)(C)C(=O)OCC(C)CCC(=O)OCC(COc1ccccc1)OC.CCC(C)(C)C(=O)OCC1CCC2(OCC(COc3ccccc3)O2)O1.CCC(C)(C)C(=O)OCC1CCC2(OCC(COc3ccccc3)O2)O1. The van der Waals surface area contributed by atoms with Gasteiger partial charge < -0.3 is 85.3 Å². The third-order valence-corrected chi connectivity index (χ3v) is 19.3. The van der Waals surface area contributed by atoms with Gasteiger partial charge >= 0.3 is 35.8 Å². The lowest BCUT2D eigenvalue weighted by atomic mass is 9.90. The van der Waals surface area contributed by atoms with Crippen LogP contribution in [0, 0.1) is 33.5 Å². The number of hydrogen-bond acceptors (Lipinski definition) is 24. The molecule has 4 aliphatic heterocycles. The van der Waals surface area contributed by atoms with E-state index >= 15 is 0 Å². The van der Waals surface area contributed by atoms with Crippen molar-refractivity contribution in [1.82, 2.24) is 0 Å². The minimum Gasteiger partial charge on any atom is -0.491 e. The van der Waals surface area contributed by atoms with Gasteiger partial charge in [-0.05, 0) is 167 Å². The normalized spacial score (nSPS) is 20.7. The molecule has 108 heavy (non-hydrogen) atoms. The summed E-state index contributed by atoms with van der Waals surface area (Å²) in [7, 11) is 3.11. The van der Waals surface area contributed by atoms with Crippen LogP contribution in [-0.2, 0) is 95.1 Å². The number of esters is 6. The summed E-state index contributed by atoms with van der Waals surface area (Å²) in [6, 6.07) is 37.9. The van der Waals surface area contributed by atoms with Gasteiger partial charge in [0.2, 0.25) is 0 Å². The van der Waals surface area contributed by atoms with Crippen LogP contribution in [0.5, 0.6) is 23.0 Å². The molecule has 4 aromatic rings. The molecule has 24 heteroatoms. The number of carbonyl (C=O) groups excluding carboxylic acids is 6. The molecule has 24 nitrogen and oxygen atoms in total. The lowest BCUT2D eigenvalue weighted by Crippen LogP contribution is -2.34. The van der Waals surface area contributed by atoms with Crippen molar-refractivity contribution >= 4 is 35.8 Å². The second-order valence-corrected chi connectivity index (χ2v) is 30.3. The minimum atomic E-state index is -1.03. The van der Waals surface area contributed by atoms with Crippen molar-refractivity contribution < 1.29 is 114 Å². The number of hydrogen-bond donors (Lipinski definition) is 0. The van der Waals surface area contributed by atoms with Crippen molar-refractivity contribution in [3.8, 4) is 23.0 Å². The molecule has 4 aromatic carbocycles. The zero-order valence-corrected chi connectivity index (χ0v) is 66.9. The average molecular weight is 1520 g/mol. The topological polar surface area (TPSA) is 269 Å². The summed E-state index contributed by atoms with van der Waals surface area (Å²) < 4.78 is 101. The number of methoxy groups -OCH3 is 2. The monoisotopic (exact) mass is 1520 g/mol. The Labute approximate surface area is 641 Å². The Morgan fingerprint density at radius 1 is 0.398 bits per heavy atom. The van der Waals surface area contributed by atoms with Gasteiger partial charge in [-0.1, -0.05) is 114 Å². The van der Waals surface area contributed by atoms with Gasteiger partial charge in [-0.3, -0.25) is 28.8 Å². The van der Waals surface area contributed by atoms with Gasteiger partial charge in [0, 0.05) is 39.9 Å². The molecular weight excluding hydrogens is 1390 g/mol. The highest BCUT2D eigenvalue weighted by molar-refractivity contribution is 5.77. The van der Waals surface area contributed by atoms with Crippen LogP contribution in [0.2, 0.25) is 0 Å². The van der Waals surface area contributed by atoms with E-state index in [4.69, 9.17) is 85.3 Å². The second-order valence-electron chi connectivity index (χ2n) is 30.3. The molecule has 0 amide bonds. The molecule has 4 saturated heterocycles. The molecule has 0 aromatic heterocycles. The Hall–Kier alpha value is -7.42. The van der Waals surface area contributed by atoms with Crippen LogP contribution in [0.25, 0.3) is 0 Å². The summed E-state index contributed by atoms with van der Waals surface area (Å²) in [6.07, 6.45) is 5.71. The second kappa shape index (κ2) is 46.3. The fourth-order valence-electron chi connectivity index (χ4n) is 10.1. The highest BCUT2D eigenvalue weighted by atomic mass is 16.9. The van der Waals surface area contributed by atoms with Crippen LogP contribution in [0.1, 0.15) is 174 Å². The van der Waals surface area contributed by atoms with E-state index in [0.29, 0.717) is 77.7 Å². The van der Waals surface area contributed by atoms with E-state index in [1.54, 1.807) is 14.2 Å². The first-order valence-corrected chi connectivity index (χ1v) is 38.2. The molecule has 0 saturated carbocycles. The highest BCUT2D eigenvalue weighted by Crippen LogP contribution is 2.40. The molecule has 10 atom stereocenters. The first-order valence-electron chi connectivity index (χ1n) is 38.2. The lowest BCUT2D eigenvalue weighted by molar-refractivity contribution is -0.329. The van der Waals surface area contributed by atoms with Gasteiger partial charge in [0.1, 0.15) is 87.6 Å². The molecule has 4 aliphatic rings. The number of ether oxygens (including phenoxy) is 18. The van der Waals surface area contributed by atoms with Crippen LogP contribution in [0.15, 0.2) is 121 Å². The predicted octanol–water partition coefficient (Wildman–Crippen LogP) is 14.6. The van der Waals surface area contributed by atoms with Crippen molar-refractivity contribution in [3.05, 3.63) is 121 Å². The summed E-state index contributed by atoms with van der Waals surface area (Å²) >= 11 is 0. The lowest BCUT2D eigenvalue weighted by Gasteiger charge is -2.24. The van der Waals surface area contributed by atoms with Gasteiger partial charge in [-0.2, -0.15) is 0 Å². The largest absolute Gasteiger partial charge is 0.491 e. The molecule has 10 unspecified atom stereocenters. The Balaban J connectivity index is 0.000000258. The molecule has 2 spiro atoms. The van der Waals surface area contributed by atoms with Gasteiger partial charge in [0.05, 0.1) is 66.9 Å². The van der Waals surface area contributed by atoms with Crippen LogP contribution >= 0.6 is 0 Å². The molecule has 0 bridgehead atoms. The first kappa shape index (κ1) is 91.2. The van der Waals surface area contributed by atoms with Crippen molar-refractivity contribution in [2.45, 2.75) is 223 Å². The molecule has 604 valence electrons. The molecule has 0 aliphatic carbocycles. The van der Waals surface area contributed by atoms with Crippen LogP contribution in [0.3, 0.4) is 0 Å². The molecule has 4 heterocycles. The molecule has 0 radical (unpaired) electrons. The van der Waals surface area contributed by atoms with Gasteiger partial charge in [0.15, 0.2) is 6.10 Å². The summed E-state index contributed by atoms with van der Waals surface area (Å²) in [5.74, 6) is -0.262. The Kier molecular flexibility index (Phi) is 39.1. The number of benzene rings is 4. The maximum Gasteiger partial charge on any atom is 0.311 e. The van der Waals surface area contributed by atoms with Crippen molar-refractivity contribution in [2.24, 2.45) is 33.5 Å². The number of rotatable bonds is 40. The van der Waals surface area contributed by atoms with E-state index < -0.39 is 39.7 Å². The van der Waals surface area contributed by atoms with Crippen LogP contribution in [0.4, 0.5) is 0 Å². The van der Waals surface area contributed by atoms with Crippen molar-refractivity contribution in [1.29, 1.82) is 0 Å². The smallest absolute Gasteiger partial charge is 0.311 e. The maximum atomic E-state index is 12.1. The van der Waals surface area contributed by atoms with E-state index in [1.165, 1.54) is 0 Å². The zero-order valence-electron chi connectivity index (χ0n) is 66.9. The van der Waals surface area contributed by atoms with E-state index in [0.717, 1.165) is 55.8 Å². The Morgan fingerprint density at radius 2 is 0.731 bits per heavy atom. The average Bonchev–Trinajstić information content (AvgIpc) is 1.65. The minimum absolute atomic E-state index is 0.0746. The summed E-state index contributed by atoms with van der Waals surface area (Å²) in [4.78, 5) is 72.2. The van der Waals surface area contributed by atoms with E-state index in [2.05, 4.69) is 0 Å². The number of carbonyl (C=O) groups is 6. The highest BCUT2D eigenvalue weighted by Gasteiger charge is 2.51. The van der Waals surface area contributed by atoms with Gasteiger partial charge in [0.25, 0.3) is 11.9 Å². The summed E-state index contributed by atoms with van der Waals surface area (Å²) in [5, 5.41) is 0.